The monoisotopic (exact) mass is 1540 g/mol. The van der Waals surface area contributed by atoms with Gasteiger partial charge in [0, 0.05) is 52.3 Å². The Balaban J connectivity index is 0.000000226. The highest BCUT2D eigenvalue weighted by molar-refractivity contribution is 7.91. The number of rotatable bonds is 48. The van der Waals surface area contributed by atoms with Crippen molar-refractivity contribution in [3.8, 4) is 68.3 Å². The van der Waals surface area contributed by atoms with Crippen molar-refractivity contribution in [3.05, 3.63) is 144 Å². The normalized spacial score (nSPS) is 11.9. The lowest BCUT2D eigenvalue weighted by atomic mass is 10.1. The van der Waals surface area contributed by atoms with Gasteiger partial charge in [0.05, 0.1) is 51.6 Å². The predicted octanol–water partition coefficient (Wildman–Crippen LogP) is 23.3. The lowest BCUT2D eigenvalue weighted by Crippen LogP contribution is -2.11. The van der Waals surface area contributed by atoms with Crippen LogP contribution < -0.4 is 0 Å². The van der Waals surface area contributed by atoms with Crippen LogP contribution in [-0.2, 0) is 49.1 Å². The molecular weight excluding hydrogens is 1410 g/mol. The summed E-state index contributed by atoms with van der Waals surface area (Å²) in [7, 11) is -8.57. The maximum Gasteiger partial charge on any atom is 0.150 e. The molecule has 0 atom stereocenters. The first kappa shape index (κ1) is 87.8. The van der Waals surface area contributed by atoms with Gasteiger partial charge in [-0.15, -0.1) is 0 Å². The maximum absolute atomic E-state index is 12.0. The summed E-state index contributed by atoms with van der Waals surface area (Å²) in [5.41, 5.74) is 13.4. The van der Waals surface area contributed by atoms with Crippen LogP contribution in [0.25, 0.3) is 66.5 Å². The van der Waals surface area contributed by atoms with Crippen molar-refractivity contribution in [2.75, 3.05) is 34.5 Å². The fourth-order valence-electron chi connectivity index (χ4n) is 15.2. The van der Waals surface area contributed by atoms with E-state index in [1.54, 1.807) is 54.6 Å². The molecule has 594 valence electrons. The third-order valence-corrected chi connectivity index (χ3v) is 26.7. The van der Waals surface area contributed by atoms with Gasteiger partial charge in [-0.25, -0.2) is 25.3 Å². The quantitative estimate of drug-likeness (QED) is 0.0195. The van der Waals surface area contributed by atoms with E-state index in [0.29, 0.717) is 34.5 Å². The fourth-order valence-corrected chi connectivity index (χ4v) is 19.7. The van der Waals surface area contributed by atoms with Crippen LogP contribution in [-0.4, -0.2) is 104 Å². The Kier molecular flexibility index (Phi) is 37.1. The van der Waals surface area contributed by atoms with Crippen LogP contribution in [0.4, 0.5) is 0 Å². The molecule has 3 aromatic heterocycles. The minimum absolute atomic E-state index is 0.255. The molecule has 6 aromatic carbocycles. The Bertz CT molecular complexity index is 4040. The van der Waals surface area contributed by atoms with Crippen molar-refractivity contribution in [1.29, 1.82) is 0 Å². The molecule has 0 aliphatic heterocycles. The summed E-state index contributed by atoms with van der Waals surface area (Å²) in [4.78, 5) is 0. The van der Waals surface area contributed by atoms with Gasteiger partial charge in [0.25, 0.3) is 0 Å². The standard InChI is InChI=1S/3C30H43NO4S/c3*1-3-4-12-21-36(34,35)22-13-10-8-6-5-7-9-11-20-31-29-19-18-27(33)23-28(29)24(2)30(31)25-14-16-26(32)17-15-25/h3*14-19,23,32-33H,3-13,20-22H2,1-2H3. The van der Waals surface area contributed by atoms with Crippen LogP contribution in [0.5, 0.6) is 34.5 Å². The van der Waals surface area contributed by atoms with Gasteiger partial charge in [0.15, 0.2) is 0 Å². The second-order valence-electron chi connectivity index (χ2n) is 30.2. The van der Waals surface area contributed by atoms with Gasteiger partial charge in [0.2, 0.25) is 0 Å². The number of benzene rings is 6. The van der Waals surface area contributed by atoms with Crippen LogP contribution in [0.2, 0.25) is 0 Å². The molecule has 108 heavy (non-hydrogen) atoms. The summed E-state index contributed by atoms with van der Waals surface area (Å²) in [5.74, 6) is 3.69. The van der Waals surface area contributed by atoms with Gasteiger partial charge >= 0.3 is 0 Å². The summed E-state index contributed by atoms with van der Waals surface area (Å²) in [6.45, 7) is 15.3. The van der Waals surface area contributed by atoms with E-state index in [9.17, 15) is 55.9 Å². The van der Waals surface area contributed by atoms with E-state index < -0.39 is 29.5 Å². The summed E-state index contributed by atoms with van der Waals surface area (Å²) in [6.07, 6.45) is 34.6. The summed E-state index contributed by atoms with van der Waals surface area (Å²) in [6, 6.07) is 38.7. The average molecular weight is 1540 g/mol. The molecule has 0 saturated carbocycles. The molecule has 15 nitrogen and oxygen atoms in total. The average Bonchev–Trinajstić information content (AvgIpc) is 1.63. The molecule has 9 rings (SSSR count). The zero-order valence-corrected chi connectivity index (χ0v) is 68.5. The molecule has 9 aromatic rings. The lowest BCUT2D eigenvalue weighted by molar-refractivity contribution is 0.475. The number of hydrogen-bond donors (Lipinski definition) is 6. The number of aryl methyl sites for hydroxylation is 6. The minimum Gasteiger partial charge on any atom is -0.508 e. The number of phenolic OH excluding ortho intramolecular Hbond substituents is 6. The number of aromatic hydroxyl groups is 6. The second-order valence-corrected chi connectivity index (χ2v) is 37.1. The molecule has 0 radical (unpaired) electrons. The van der Waals surface area contributed by atoms with Gasteiger partial charge < -0.3 is 44.3 Å². The van der Waals surface area contributed by atoms with E-state index in [-0.39, 0.29) is 34.5 Å². The number of sulfone groups is 3. The second kappa shape index (κ2) is 45.7. The van der Waals surface area contributed by atoms with Crippen molar-refractivity contribution in [2.24, 2.45) is 0 Å². The third-order valence-electron chi connectivity index (χ3n) is 21.3. The zero-order chi connectivity index (χ0) is 77.9. The Morgan fingerprint density at radius 2 is 0.426 bits per heavy atom. The highest BCUT2D eigenvalue weighted by Crippen LogP contribution is 2.40. The van der Waals surface area contributed by atoms with Crippen LogP contribution in [0.15, 0.2) is 127 Å². The summed E-state index contributed by atoms with van der Waals surface area (Å²) >= 11 is 0. The SMILES string of the molecule is CCCCCS(=O)(=O)CCCCCCCCCCn1c(-c2ccc(O)cc2)c(C)c2cc(O)ccc21.CCCCCS(=O)(=O)CCCCCCCCCCn1c(-c2ccc(O)cc2)c(C)c2cc(O)ccc21.CCCCCS(=O)(=O)CCCCCCCCCCn1c(-c2ccc(O)cc2)c(C)c2cc(O)ccc21. The van der Waals surface area contributed by atoms with Gasteiger partial charge in [-0.1, -0.05) is 175 Å². The van der Waals surface area contributed by atoms with Crippen molar-refractivity contribution < 1.29 is 55.9 Å². The first-order valence-electron chi connectivity index (χ1n) is 40.9. The number of fused-ring (bicyclic) bond motifs is 3. The minimum atomic E-state index is -2.86. The number of hydrogen-bond acceptors (Lipinski definition) is 12. The number of nitrogens with zero attached hydrogens (tertiary/aromatic N) is 3. The first-order chi connectivity index (χ1) is 52.0. The van der Waals surface area contributed by atoms with Crippen molar-refractivity contribution in [1.82, 2.24) is 13.7 Å². The molecule has 0 fully saturated rings. The van der Waals surface area contributed by atoms with E-state index in [4.69, 9.17) is 0 Å². The van der Waals surface area contributed by atoms with Crippen LogP contribution >= 0.6 is 0 Å². The molecule has 0 aliphatic rings. The molecule has 3 heterocycles. The Hall–Kier alpha value is -7.41. The molecule has 0 amide bonds. The van der Waals surface area contributed by atoms with Crippen molar-refractivity contribution in [2.45, 2.75) is 273 Å². The smallest absolute Gasteiger partial charge is 0.150 e. The van der Waals surface area contributed by atoms with Crippen LogP contribution in [0.3, 0.4) is 0 Å². The van der Waals surface area contributed by atoms with E-state index in [2.05, 4.69) is 55.2 Å². The molecule has 6 N–H and O–H groups in total. The van der Waals surface area contributed by atoms with Gasteiger partial charge in [-0.05, 0) is 239 Å². The molecule has 0 aliphatic carbocycles. The molecule has 0 spiro atoms. The molecule has 0 unspecified atom stereocenters. The van der Waals surface area contributed by atoms with E-state index in [0.717, 1.165) is 257 Å². The highest BCUT2D eigenvalue weighted by Gasteiger charge is 2.21. The number of aromatic nitrogens is 3. The predicted molar refractivity (Wildman–Crippen MR) is 452 cm³/mol. The summed E-state index contributed by atoms with van der Waals surface area (Å²) in [5, 5.41) is 62.4. The van der Waals surface area contributed by atoms with Crippen LogP contribution in [0, 0.1) is 20.8 Å². The molecule has 0 bridgehead atoms. The van der Waals surface area contributed by atoms with E-state index in [1.165, 1.54) is 57.8 Å². The van der Waals surface area contributed by atoms with Crippen LogP contribution in [0.1, 0.15) is 249 Å². The van der Waals surface area contributed by atoms with Crippen molar-refractivity contribution >= 4 is 62.2 Å². The topological polar surface area (TPSA) is 239 Å². The maximum atomic E-state index is 12.0. The Labute approximate surface area is 647 Å². The lowest BCUT2D eigenvalue weighted by Gasteiger charge is -2.12. The van der Waals surface area contributed by atoms with E-state index in [1.807, 2.05) is 72.8 Å². The third kappa shape index (κ3) is 28.5. The van der Waals surface area contributed by atoms with E-state index >= 15 is 0 Å². The molecule has 18 heteroatoms. The zero-order valence-electron chi connectivity index (χ0n) is 66.0. The number of phenols is 6. The summed E-state index contributed by atoms with van der Waals surface area (Å²) < 4.78 is 79.2. The largest absolute Gasteiger partial charge is 0.508 e. The fraction of sp³-hybridized carbons (Fsp3) is 0.533. The first-order valence-corrected chi connectivity index (χ1v) is 46.4. The van der Waals surface area contributed by atoms with Gasteiger partial charge in [-0.3, -0.25) is 0 Å². The van der Waals surface area contributed by atoms with Crippen molar-refractivity contribution in [3.63, 3.8) is 0 Å². The molecule has 0 saturated heterocycles. The molecular formula is C90H129N3O12S3. The number of unbranched alkanes of at least 4 members (excludes halogenated alkanes) is 27. The van der Waals surface area contributed by atoms with Gasteiger partial charge in [0.1, 0.15) is 64.0 Å². The Morgan fingerprint density at radius 3 is 0.639 bits per heavy atom. The van der Waals surface area contributed by atoms with Gasteiger partial charge in [-0.2, -0.15) is 0 Å². The highest BCUT2D eigenvalue weighted by atomic mass is 32.2. The Morgan fingerprint density at radius 1 is 0.241 bits per heavy atom.